The van der Waals surface area contributed by atoms with Gasteiger partial charge in [0, 0.05) is 6.21 Å². The van der Waals surface area contributed by atoms with Gasteiger partial charge in [0.15, 0.2) is 0 Å². The van der Waals surface area contributed by atoms with Crippen molar-refractivity contribution < 1.29 is 4.74 Å². The average Bonchev–Trinajstić information content (AvgIpc) is 2.94. The van der Waals surface area contributed by atoms with Gasteiger partial charge in [-0.1, -0.05) is 44.2 Å². The molecule has 0 atom stereocenters. The van der Waals surface area contributed by atoms with Crippen LogP contribution >= 0.6 is 11.3 Å². The van der Waals surface area contributed by atoms with Gasteiger partial charge in [0.25, 0.3) is 0 Å². The van der Waals surface area contributed by atoms with E-state index in [9.17, 15) is 0 Å². The summed E-state index contributed by atoms with van der Waals surface area (Å²) in [4.78, 5) is 4.52. The molecule has 1 aromatic carbocycles. The maximum Gasteiger partial charge on any atom is 0.118 e. The van der Waals surface area contributed by atoms with Crippen LogP contribution < -0.4 is 14.5 Å². The Bertz CT molecular complexity index is 797. The van der Waals surface area contributed by atoms with E-state index in [1.807, 2.05) is 37.4 Å². The predicted octanol–water partition coefficient (Wildman–Crippen LogP) is 4.34. The number of aliphatic imine (C=N–C) groups is 1. The number of unbranched alkanes of at least 4 members (excludes halogenated alkanes) is 1. The van der Waals surface area contributed by atoms with Gasteiger partial charge in [0.05, 0.1) is 17.3 Å². The summed E-state index contributed by atoms with van der Waals surface area (Å²) in [5, 5.41) is 3.18. The van der Waals surface area contributed by atoms with Crippen molar-refractivity contribution >= 4 is 42.0 Å². The molecular formula is C20H23NOS. The molecule has 2 nitrogen and oxygen atoms in total. The summed E-state index contributed by atoms with van der Waals surface area (Å²) in [7, 11) is 1.68. The maximum absolute atomic E-state index is 5.17. The Morgan fingerprint density at radius 2 is 2.00 bits per heavy atom. The normalized spacial score (nSPS) is 13.0. The Morgan fingerprint density at radius 1 is 1.26 bits per heavy atom. The lowest BCUT2D eigenvalue weighted by atomic mass is 10.1. The lowest BCUT2D eigenvalue weighted by Gasteiger charge is -1.98. The number of benzene rings is 1. The molecule has 0 fully saturated rings. The quantitative estimate of drug-likeness (QED) is 0.724. The molecule has 0 amide bonds. The van der Waals surface area contributed by atoms with E-state index >= 15 is 0 Å². The topological polar surface area (TPSA) is 21.6 Å². The SMILES string of the molecule is C=c1c(/C=C/c2ccc(OC)cc2)cs/c1=C(\C)N=CCCC. The van der Waals surface area contributed by atoms with Gasteiger partial charge in [0.1, 0.15) is 5.75 Å². The lowest BCUT2D eigenvalue weighted by Crippen LogP contribution is -2.20. The molecule has 0 unspecified atom stereocenters. The van der Waals surface area contributed by atoms with Crippen LogP contribution in [0.4, 0.5) is 0 Å². The van der Waals surface area contributed by atoms with E-state index in [1.165, 1.54) is 0 Å². The molecule has 0 spiro atoms. The van der Waals surface area contributed by atoms with Crippen molar-refractivity contribution in [1.29, 1.82) is 0 Å². The zero-order valence-corrected chi connectivity index (χ0v) is 14.8. The van der Waals surface area contributed by atoms with Crippen LogP contribution in [0.3, 0.4) is 0 Å². The second-order valence-corrected chi connectivity index (χ2v) is 6.17. The van der Waals surface area contributed by atoms with Crippen LogP contribution in [0.25, 0.3) is 24.4 Å². The van der Waals surface area contributed by atoms with E-state index in [0.717, 1.165) is 45.2 Å². The highest BCUT2D eigenvalue weighted by Crippen LogP contribution is 2.13. The minimum Gasteiger partial charge on any atom is -0.497 e. The lowest BCUT2D eigenvalue weighted by molar-refractivity contribution is 0.415. The van der Waals surface area contributed by atoms with Crippen LogP contribution in [-0.4, -0.2) is 13.3 Å². The molecule has 0 saturated carbocycles. The summed E-state index contributed by atoms with van der Waals surface area (Å²) in [5.41, 5.74) is 3.32. The zero-order valence-electron chi connectivity index (χ0n) is 14.0. The highest BCUT2D eigenvalue weighted by molar-refractivity contribution is 7.08. The third kappa shape index (κ3) is 4.67. The monoisotopic (exact) mass is 325 g/mol. The van der Waals surface area contributed by atoms with Crippen LogP contribution in [0.1, 0.15) is 37.8 Å². The molecule has 0 aliphatic carbocycles. The minimum absolute atomic E-state index is 0.869. The number of rotatable bonds is 6. The molecule has 0 aliphatic rings. The number of nitrogens with zero attached hydrogens (tertiary/aromatic N) is 1. The van der Waals surface area contributed by atoms with Crippen LogP contribution in [0.2, 0.25) is 0 Å². The average molecular weight is 325 g/mol. The molecule has 0 radical (unpaired) electrons. The second kappa shape index (κ2) is 8.49. The predicted molar refractivity (Wildman–Crippen MR) is 103 cm³/mol. The van der Waals surface area contributed by atoms with Crippen LogP contribution in [-0.2, 0) is 0 Å². The molecule has 1 heterocycles. The number of ether oxygens (including phenoxy) is 1. The Hall–Kier alpha value is -2.13. The summed E-state index contributed by atoms with van der Waals surface area (Å²) in [6.07, 6.45) is 8.32. The third-order valence-corrected chi connectivity index (χ3v) is 4.68. The number of methoxy groups -OCH3 is 1. The van der Waals surface area contributed by atoms with Gasteiger partial charge in [-0.05, 0) is 47.2 Å². The van der Waals surface area contributed by atoms with E-state index in [2.05, 4.69) is 36.0 Å². The molecule has 2 rings (SSSR count). The van der Waals surface area contributed by atoms with E-state index in [1.54, 1.807) is 18.4 Å². The molecule has 1 aromatic heterocycles. The van der Waals surface area contributed by atoms with Crippen LogP contribution in [0.15, 0.2) is 34.6 Å². The molecule has 23 heavy (non-hydrogen) atoms. The van der Waals surface area contributed by atoms with Gasteiger partial charge in [-0.2, -0.15) is 0 Å². The van der Waals surface area contributed by atoms with E-state index in [-0.39, 0.29) is 0 Å². The van der Waals surface area contributed by atoms with Gasteiger partial charge in [0.2, 0.25) is 0 Å². The number of thiophene rings is 1. The van der Waals surface area contributed by atoms with Gasteiger partial charge >= 0.3 is 0 Å². The summed E-state index contributed by atoms with van der Waals surface area (Å²) < 4.78 is 6.33. The smallest absolute Gasteiger partial charge is 0.118 e. The van der Waals surface area contributed by atoms with Crippen molar-refractivity contribution in [2.45, 2.75) is 26.7 Å². The molecule has 2 aromatic rings. The van der Waals surface area contributed by atoms with Crippen molar-refractivity contribution in [2.24, 2.45) is 4.99 Å². The van der Waals surface area contributed by atoms with Gasteiger partial charge in [-0.25, -0.2) is 0 Å². The second-order valence-electron chi connectivity index (χ2n) is 5.29. The minimum atomic E-state index is 0.869. The summed E-state index contributed by atoms with van der Waals surface area (Å²) in [6, 6.07) is 8.00. The fourth-order valence-corrected chi connectivity index (χ4v) is 3.08. The molecule has 120 valence electrons. The Balaban J connectivity index is 2.23. The Labute approximate surface area is 142 Å². The summed E-state index contributed by atoms with van der Waals surface area (Å²) >= 11 is 1.70. The van der Waals surface area contributed by atoms with Crippen molar-refractivity contribution in [1.82, 2.24) is 0 Å². The molecule has 0 aliphatic heterocycles. The first-order valence-corrected chi connectivity index (χ1v) is 8.65. The highest BCUT2D eigenvalue weighted by atomic mass is 32.1. The number of hydrogen-bond acceptors (Lipinski definition) is 3. The van der Waals surface area contributed by atoms with Gasteiger partial charge in [-0.3, -0.25) is 4.99 Å². The van der Waals surface area contributed by atoms with Crippen LogP contribution in [0, 0.1) is 0 Å². The van der Waals surface area contributed by atoms with Crippen molar-refractivity contribution in [2.75, 3.05) is 7.11 Å². The fraction of sp³-hybridized carbons (Fsp3) is 0.250. The molecule has 0 bridgehead atoms. The van der Waals surface area contributed by atoms with E-state index in [0.29, 0.717) is 0 Å². The largest absolute Gasteiger partial charge is 0.497 e. The molecule has 0 N–H and O–H groups in total. The highest BCUT2D eigenvalue weighted by Gasteiger charge is 1.98. The molecular weight excluding hydrogens is 302 g/mol. The van der Waals surface area contributed by atoms with Crippen LogP contribution in [0.5, 0.6) is 5.75 Å². The van der Waals surface area contributed by atoms with E-state index < -0.39 is 0 Å². The fourth-order valence-electron chi connectivity index (χ4n) is 2.13. The van der Waals surface area contributed by atoms with Crippen molar-refractivity contribution in [3.05, 3.63) is 50.5 Å². The van der Waals surface area contributed by atoms with Crippen molar-refractivity contribution in [3.8, 4) is 5.75 Å². The zero-order chi connectivity index (χ0) is 16.7. The van der Waals surface area contributed by atoms with Crippen molar-refractivity contribution in [3.63, 3.8) is 0 Å². The number of hydrogen-bond donors (Lipinski definition) is 0. The molecule has 0 saturated heterocycles. The first-order chi connectivity index (χ1) is 11.2. The van der Waals surface area contributed by atoms with Gasteiger partial charge < -0.3 is 4.74 Å². The van der Waals surface area contributed by atoms with Gasteiger partial charge in [-0.15, -0.1) is 11.3 Å². The Morgan fingerprint density at radius 3 is 2.65 bits per heavy atom. The van der Waals surface area contributed by atoms with E-state index in [4.69, 9.17) is 4.74 Å². The Kier molecular flexibility index (Phi) is 6.36. The summed E-state index contributed by atoms with van der Waals surface area (Å²) in [6.45, 7) is 8.41. The third-order valence-electron chi connectivity index (χ3n) is 3.53. The summed E-state index contributed by atoms with van der Waals surface area (Å²) in [5.74, 6) is 0.869. The first-order valence-electron chi connectivity index (χ1n) is 7.77. The first kappa shape index (κ1) is 17.2. The maximum atomic E-state index is 5.17. The molecule has 3 heteroatoms. The standard InChI is InChI=1S/C20H23NOS/c1-5-6-13-21-16(3)20-15(2)18(14-23-20)10-7-17-8-11-19(22-4)12-9-17/h7-14H,2,5-6H2,1,3-4H3/b10-7+,20-16+,21-13?.